The van der Waals surface area contributed by atoms with Crippen LogP contribution in [0.4, 0.5) is 0 Å². The number of aliphatic carboxylic acids is 1. The molecule has 3 atom stereocenters. The number of aromatic nitrogens is 2. The van der Waals surface area contributed by atoms with Crippen molar-refractivity contribution >= 4 is 17.6 Å². The quantitative estimate of drug-likeness (QED) is 0.624. The molecule has 1 unspecified atom stereocenters. The third-order valence-electron chi connectivity index (χ3n) is 5.60. The zero-order chi connectivity index (χ0) is 22.0. The van der Waals surface area contributed by atoms with E-state index in [4.69, 9.17) is 20.9 Å². The first-order chi connectivity index (χ1) is 14.9. The van der Waals surface area contributed by atoms with Gasteiger partial charge in [0, 0.05) is 17.3 Å². The number of rotatable bonds is 7. The van der Waals surface area contributed by atoms with Crippen LogP contribution in [-0.2, 0) is 4.79 Å². The summed E-state index contributed by atoms with van der Waals surface area (Å²) in [5, 5.41) is 17.3. The van der Waals surface area contributed by atoms with Crippen molar-refractivity contribution < 1.29 is 19.2 Å². The smallest absolute Gasteiger partial charge is 0.308 e. The summed E-state index contributed by atoms with van der Waals surface area (Å²) in [4.78, 5) is 15.9. The minimum atomic E-state index is -0.726. The fourth-order valence-electron chi connectivity index (χ4n) is 4.05. The van der Waals surface area contributed by atoms with Crippen LogP contribution in [0.1, 0.15) is 51.3 Å². The summed E-state index contributed by atoms with van der Waals surface area (Å²) in [7, 11) is 0. The molecule has 1 heterocycles. The largest absolute Gasteiger partial charge is 0.489 e. The van der Waals surface area contributed by atoms with Crippen LogP contribution in [0.15, 0.2) is 46.6 Å². The first-order valence-corrected chi connectivity index (χ1v) is 11.0. The molecule has 8 heteroatoms. The van der Waals surface area contributed by atoms with E-state index in [1.807, 2.05) is 38.1 Å². The molecular weight excluding hydrogens is 418 g/mol. The van der Waals surface area contributed by atoms with Crippen LogP contribution in [0.3, 0.4) is 0 Å². The van der Waals surface area contributed by atoms with Crippen molar-refractivity contribution in [1.29, 1.82) is 0 Å². The second-order valence-electron chi connectivity index (χ2n) is 8.26. The van der Waals surface area contributed by atoms with Gasteiger partial charge in [0.05, 0.1) is 23.0 Å². The van der Waals surface area contributed by atoms with Gasteiger partial charge in [-0.2, -0.15) is 4.98 Å². The molecule has 1 saturated carbocycles. The molecule has 0 aliphatic heterocycles. The molecule has 31 heavy (non-hydrogen) atoms. The van der Waals surface area contributed by atoms with E-state index < -0.39 is 5.97 Å². The van der Waals surface area contributed by atoms with Gasteiger partial charge >= 0.3 is 5.97 Å². The fourth-order valence-corrected chi connectivity index (χ4v) is 4.27. The van der Waals surface area contributed by atoms with Gasteiger partial charge in [-0.3, -0.25) is 4.79 Å². The number of benzene rings is 1. The van der Waals surface area contributed by atoms with E-state index in [2.05, 4.69) is 21.5 Å². The Labute approximate surface area is 186 Å². The Bertz CT molecular complexity index is 1010. The highest BCUT2D eigenvalue weighted by Crippen LogP contribution is 2.32. The average molecular weight is 444 g/mol. The Hall–Kier alpha value is -2.80. The molecule has 2 aliphatic rings. The number of carboxylic acids is 1. The van der Waals surface area contributed by atoms with Crippen LogP contribution in [0, 0.1) is 5.92 Å². The number of nitrogens with one attached hydrogen (secondary N) is 1. The number of carboxylic acid groups (broad SMARTS) is 1. The van der Waals surface area contributed by atoms with Gasteiger partial charge in [-0.1, -0.05) is 35.3 Å². The van der Waals surface area contributed by atoms with Gasteiger partial charge in [-0.05, 0) is 57.4 Å². The minimum Gasteiger partial charge on any atom is -0.489 e. The van der Waals surface area contributed by atoms with Crippen LogP contribution in [-0.4, -0.2) is 33.4 Å². The zero-order valence-corrected chi connectivity index (χ0v) is 18.3. The first-order valence-electron chi connectivity index (χ1n) is 10.6. The molecule has 0 bridgehead atoms. The molecule has 2 aliphatic carbocycles. The zero-order valence-electron chi connectivity index (χ0n) is 17.5. The lowest BCUT2D eigenvalue weighted by atomic mass is 9.98. The van der Waals surface area contributed by atoms with Gasteiger partial charge < -0.3 is 19.7 Å². The van der Waals surface area contributed by atoms with Crippen LogP contribution >= 0.6 is 11.6 Å². The number of hydrogen-bond donors (Lipinski definition) is 2. The average Bonchev–Trinajstić information content (AvgIpc) is 3.40. The van der Waals surface area contributed by atoms with Crippen molar-refractivity contribution in [1.82, 2.24) is 15.5 Å². The standard InChI is InChI=1S/C23H26ClN3O4/c1-13(2)30-20-11-8-15(12-18(20)24)21-26-22(31-27-21)14-6-9-16(10-7-14)25-19-5-3-4-17(19)23(28)29/h6,8-14,17,19,25H,3-5,7H2,1-2H3,(H,28,29)/t14?,17-,19+/m0/s1. The van der Waals surface area contributed by atoms with Crippen molar-refractivity contribution in [2.75, 3.05) is 0 Å². The molecule has 1 aromatic heterocycles. The lowest BCUT2D eigenvalue weighted by Gasteiger charge is -2.22. The van der Waals surface area contributed by atoms with Gasteiger partial charge in [0.2, 0.25) is 11.7 Å². The molecule has 2 N–H and O–H groups in total. The summed E-state index contributed by atoms with van der Waals surface area (Å²) >= 11 is 6.32. The maximum Gasteiger partial charge on any atom is 0.308 e. The molecule has 4 rings (SSSR count). The number of nitrogens with zero attached hydrogens (tertiary/aromatic N) is 2. The summed E-state index contributed by atoms with van der Waals surface area (Å²) < 4.78 is 11.2. The minimum absolute atomic E-state index is 0.0210. The molecule has 7 nitrogen and oxygen atoms in total. The number of hydrogen-bond acceptors (Lipinski definition) is 6. The summed E-state index contributed by atoms with van der Waals surface area (Å²) in [6.45, 7) is 3.89. The third kappa shape index (κ3) is 4.93. The molecule has 1 aromatic carbocycles. The van der Waals surface area contributed by atoms with Crippen LogP contribution < -0.4 is 10.1 Å². The van der Waals surface area contributed by atoms with Crippen molar-refractivity contribution in [2.45, 2.75) is 57.6 Å². The summed E-state index contributed by atoms with van der Waals surface area (Å²) in [5.74, 6) is 0.556. The van der Waals surface area contributed by atoms with Crippen LogP contribution in [0.25, 0.3) is 11.4 Å². The van der Waals surface area contributed by atoms with Crippen molar-refractivity contribution in [3.05, 3.63) is 53.0 Å². The highest BCUT2D eigenvalue weighted by molar-refractivity contribution is 6.32. The van der Waals surface area contributed by atoms with Gasteiger partial charge in [-0.25, -0.2) is 0 Å². The van der Waals surface area contributed by atoms with Crippen molar-refractivity contribution in [3.63, 3.8) is 0 Å². The van der Waals surface area contributed by atoms with E-state index in [-0.39, 0.29) is 24.0 Å². The van der Waals surface area contributed by atoms with E-state index >= 15 is 0 Å². The van der Waals surface area contributed by atoms with E-state index in [0.717, 1.165) is 30.5 Å². The Balaban J connectivity index is 1.40. The monoisotopic (exact) mass is 443 g/mol. The molecule has 0 radical (unpaired) electrons. The highest BCUT2D eigenvalue weighted by Gasteiger charge is 2.33. The van der Waals surface area contributed by atoms with Gasteiger partial charge in [0.1, 0.15) is 5.75 Å². The molecular formula is C23H26ClN3O4. The number of ether oxygens (including phenoxy) is 1. The van der Waals surface area contributed by atoms with Crippen molar-refractivity contribution in [3.8, 4) is 17.1 Å². The highest BCUT2D eigenvalue weighted by atomic mass is 35.5. The molecule has 2 aromatic rings. The van der Waals surface area contributed by atoms with E-state index in [1.54, 1.807) is 6.07 Å². The van der Waals surface area contributed by atoms with Crippen LogP contribution in [0.2, 0.25) is 5.02 Å². The van der Waals surface area contributed by atoms with Crippen LogP contribution in [0.5, 0.6) is 5.75 Å². The van der Waals surface area contributed by atoms with Gasteiger partial charge in [0.15, 0.2) is 0 Å². The fraction of sp³-hybridized carbons (Fsp3) is 0.435. The SMILES string of the molecule is CC(C)Oc1ccc(-c2noc(C3C=CC(N[C@@H]4CCC[C@@H]4C(=O)O)=CC3)n2)cc1Cl. The molecule has 0 saturated heterocycles. The Morgan fingerprint density at radius 2 is 2.19 bits per heavy atom. The summed E-state index contributed by atoms with van der Waals surface area (Å²) in [5.41, 5.74) is 1.71. The summed E-state index contributed by atoms with van der Waals surface area (Å²) in [6, 6.07) is 5.42. The molecule has 1 fully saturated rings. The molecule has 164 valence electrons. The lowest BCUT2D eigenvalue weighted by molar-refractivity contribution is -0.142. The number of halogens is 1. The maximum atomic E-state index is 11.4. The second kappa shape index (κ2) is 9.14. The number of carbonyl (C=O) groups is 1. The predicted molar refractivity (Wildman–Crippen MR) is 117 cm³/mol. The normalized spacial score (nSPS) is 23.1. The number of allylic oxidation sites excluding steroid dienone is 3. The maximum absolute atomic E-state index is 11.4. The first kappa shape index (κ1) is 21.4. The third-order valence-corrected chi connectivity index (χ3v) is 5.89. The van der Waals surface area contributed by atoms with E-state index in [9.17, 15) is 9.90 Å². The Kier molecular flexibility index (Phi) is 6.32. The van der Waals surface area contributed by atoms with Gasteiger partial charge in [0.25, 0.3) is 0 Å². The van der Waals surface area contributed by atoms with Crippen molar-refractivity contribution in [2.24, 2.45) is 5.92 Å². The van der Waals surface area contributed by atoms with E-state index in [0.29, 0.717) is 28.9 Å². The second-order valence-corrected chi connectivity index (χ2v) is 8.66. The lowest BCUT2D eigenvalue weighted by Crippen LogP contribution is -2.35. The topological polar surface area (TPSA) is 97.5 Å². The summed E-state index contributed by atoms with van der Waals surface area (Å²) in [6.07, 6.45) is 9.31. The predicted octanol–water partition coefficient (Wildman–Crippen LogP) is 4.95. The van der Waals surface area contributed by atoms with E-state index in [1.165, 1.54) is 0 Å². The molecule has 0 spiro atoms. The van der Waals surface area contributed by atoms with Gasteiger partial charge in [-0.15, -0.1) is 0 Å². The Morgan fingerprint density at radius 1 is 1.35 bits per heavy atom. The Morgan fingerprint density at radius 3 is 2.87 bits per heavy atom. The molecule has 0 amide bonds.